The second kappa shape index (κ2) is 8.29. The first kappa shape index (κ1) is 19.0. The molecule has 1 aromatic carbocycles. The summed E-state index contributed by atoms with van der Waals surface area (Å²) in [7, 11) is 1.61. The van der Waals surface area contributed by atoms with Crippen molar-refractivity contribution in [3.05, 3.63) is 47.8 Å². The monoisotopic (exact) mass is 366 g/mol. The Hall–Kier alpha value is -2.76. The summed E-state index contributed by atoms with van der Waals surface area (Å²) < 4.78 is 0. The first-order chi connectivity index (χ1) is 13.1. The number of nitrogens with one attached hydrogen (secondary N) is 2. The predicted molar refractivity (Wildman–Crippen MR) is 104 cm³/mol. The van der Waals surface area contributed by atoms with Gasteiger partial charge in [0.15, 0.2) is 5.82 Å². The van der Waals surface area contributed by atoms with Crippen molar-refractivity contribution in [1.82, 2.24) is 20.6 Å². The summed E-state index contributed by atoms with van der Waals surface area (Å²) >= 11 is 0. The van der Waals surface area contributed by atoms with Gasteiger partial charge in [-0.05, 0) is 37.0 Å². The lowest BCUT2D eigenvalue weighted by Crippen LogP contribution is -2.59. The number of rotatable bonds is 5. The van der Waals surface area contributed by atoms with Gasteiger partial charge in [-0.2, -0.15) is 0 Å². The van der Waals surface area contributed by atoms with E-state index in [1.807, 2.05) is 24.5 Å². The summed E-state index contributed by atoms with van der Waals surface area (Å²) in [5, 5.41) is 5.69. The average molecular weight is 366 g/mol. The molecule has 0 atom stereocenters. The van der Waals surface area contributed by atoms with Gasteiger partial charge in [0.25, 0.3) is 5.91 Å². The molecular formula is C21H26N4O2. The van der Waals surface area contributed by atoms with E-state index in [1.54, 1.807) is 19.2 Å². The highest BCUT2D eigenvalue weighted by Gasteiger charge is 2.40. The van der Waals surface area contributed by atoms with Crippen molar-refractivity contribution in [2.75, 3.05) is 7.05 Å². The molecule has 1 fully saturated rings. The van der Waals surface area contributed by atoms with Crippen LogP contribution in [0.3, 0.4) is 0 Å². The second-order valence-electron chi connectivity index (χ2n) is 7.02. The van der Waals surface area contributed by atoms with Crippen molar-refractivity contribution in [2.24, 2.45) is 0 Å². The Balaban J connectivity index is 1.75. The Morgan fingerprint density at radius 1 is 1.04 bits per heavy atom. The maximum absolute atomic E-state index is 12.7. The van der Waals surface area contributed by atoms with Crippen LogP contribution in [0.4, 0.5) is 0 Å². The van der Waals surface area contributed by atoms with E-state index in [-0.39, 0.29) is 11.8 Å². The van der Waals surface area contributed by atoms with Gasteiger partial charge in [-0.25, -0.2) is 9.97 Å². The van der Waals surface area contributed by atoms with E-state index < -0.39 is 5.54 Å². The van der Waals surface area contributed by atoms with Crippen molar-refractivity contribution in [2.45, 2.75) is 51.0 Å². The number of carbonyl (C=O) groups is 2. The van der Waals surface area contributed by atoms with E-state index in [1.165, 1.54) is 0 Å². The van der Waals surface area contributed by atoms with Gasteiger partial charge < -0.3 is 10.6 Å². The standard InChI is InChI=1S/C21H26N4O2/c1-3-15-13-23-18(24-14-15)16-7-9-17(10-8-16)19(26)25-21(20(27)22-2)11-5-4-6-12-21/h7-10,13-14H,3-6,11-12H2,1-2H3,(H,22,27)(H,25,26). The molecule has 142 valence electrons. The van der Waals surface area contributed by atoms with Gasteiger partial charge in [0.2, 0.25) is 5.91 Å². The number of likely N-dealkylation sites (N-methyl/N-ethyl adjacent to an activating group) is 1. The van der Waals surface area contributed by atoms with Crippen LogP contribution in [0.5, 0.6) is 0 Å². The third-order valence-corrected chi connectivity index (χ3v) is 5.24. The van der Waals surface area contributed by atoms with E-state index >= 15 is 0 Å². The third-order valence-electron chi connectivity index (χ3n) is 5.24. The molecule has 0 bridgehead atoms. The molecule has 2 N–H and O–H groups in total. The van der Waals surface area contributed by atoms with Crippen LogP contribution >= 0.6 is 0 Å². The molecule has 2 amide bonds. The molecule has 0 spiro atoms. The first-order valence-electron chi connectivity index (χ1n) is 9.54. The zero-order valence-corrected chi connectivity index (χ0v) is 15.9. The molecule has 27 heavy (non-hydrogen) atoms. The van der Waals surface area contributed by atoms with E-state index in [0.717, 1.165) is 36.8 Å². The largest absolute Gasteiger partial charge is 0.357 e. The highest BCUT2D eigenvalue weighted by atomic mass is 16.2. The summed E-state index contributed by atoms with van der Waals surface area (Å²) in [6.45, 7) is 2.06. The molecule has 2 aromatic rings. The lowest BCUT2D eigenvalue weighted by molar-refractivity contribution is -0.128. The van der Waals surface area contributed by atoms with E-state index in [0.29, 0.717) is 24.2 Å². The topological polar surface area (TPSA) is 84.0 Å². The van der Waals surface area contributed by atoms with Crippen LogP contribution in [0.15, 0.2) is 36.7 Å². The minimum absolute atomic E-state index is 0.114. The molecule has 1 heterocycles. The molecule has 1 aliphatic carbocycles. The van der Waals surface area contributed by atoms with Crippen molar-refractivity contribution >= 4 is 11.8 Å². The van der Waals surface area contributed by atoms with Crippen LogP contribution in [-0.4, -0.2) is 34.4 Å². The van der Waals surface area contributed by atoms with Crippen molar-refractivity contribution in [3.8, 4) is 11.4 Å². The molecule has 6 nitrogen and oxygen atoms in total. The number of aromatic nitrogens is 2. The number of nitrogens with zero attached hydrogens (tertiary/aromatic N) is 2. The lowest BCUT2D eigenvalue weighted by Gasteiger charge is -2.36. The normalized spacial score (nSPS) is 15.8. The van der Waals surface area contributed by atoms with E-state index in [4.69, 9.17) is 0 Å². The number of aryl methyl sites for hydroxylation is 1. The molecule has 0 unspecified atom stereocenters. The minimum Gasteiger partial charge on any atom is -0.357 e. The minimum atomic E-state index is -0.804. The number of benzene rings is 1. The van der Waals surface area contributed by atoms with E-state index in [2.05, 4.69) is 27.5 Å². The number of carbonyl (C=O) groups excluding carboxylic acids is 2. The molecule has 1 aromatic heterocycles. The molecule has 1 aliphatic rings. The van der Waals surface area contributed by atoms with Crippen LogP contribution in [0.2, 0.25) is 0 Å². The van der Waals surface area contributed by atoms with E-state index in [9.17, 15) is 9.59 Å². The molecule has 0 radical (unpaired) electrons. The molecule has 0 saturated heterocycles. The fourth-order valence-corrected chi connectivity index (χ4v) is 3.55. The Bertz CT molecular complexity index is 794. The van der Waals surface area contributed by atoms with Crippen molar-refractivity contribution in [3.63, 3.8) is 0 Å². The van der Waals surface area contributed by atoms with Gasteiger partial charge >= 0.3 is 0 Å². The van der Waals surface area contributed by atoms with Crippen LogP contribution < -0.4 is 10.6 Å². The number of amides is 2. The zero-order valence-electron chi connectivity index (χ0n) is 15.9. The smallest absolute Gasteiger partial charge is 0.252 e. The molecular weight excluding hydrogens is 340 g/mol. The lowest BCUT2D eigenvalue weighted by atomic mass is 9.80. The summed E-state index contributed by atoms with van der Waals surface area (Å²) in [5.74, 6) is 0.291. The quantitative estimate of drug-likeness (QED) is 0.852. The molecule has 3 rings (SSSR count). The van der Waals surface area contributed by atoms with Gasteiger partial charge in [0, 0.05) is 30.6 Å². The fraction of sp³-hybridized carbons (Fsp3) is 0.429. The zero-order chi connectivity index (χ0) is 19.3. The van der Waals surface area contributed by atoms with Crippen LogP contribution in [0.25, 0.3) is 11.4 Å². The highest BCUT2D eigenvalue weighted by molar-refractivity contribution is 5.99. The SMILES string of the molecule is CCc1cnc(-c2ccc(C(=O)NC3(C(=O)NC)CCCCC3)cc2)nc1. The van der Waals surface area contributed by atoms with Crippen LogP contribution in [0, 0.1) is 0 Å². The fourth-order valence-electron chi connectivity index (χ4n) is 3.55. The Morgan fingerprint density at radius 3 is 2.22 bits per heavy atom. The highest BCUT2D eigenvalue weighted by Crippen LogP contribution is 2.29. The van der Waals surface area contributed by atoms with Crippen molar-refractivity contribution in [1.29, 1.82) is 0 Å². The van der Waals surface area contributed by atoms with Gasteiger partial charge in [-0.15, -0.1) is 0 Å². The molecule has 6 heteroatoms. The Kier molecular flexibility index (Phi) is 5.84. The summed E-state index contributed by atoms with van der Waals surface area (Å²) in [6.07, 6.45) is 8.86. The van der Waals surface area contributed by atoms with Crippen molar-refractivity contribution < 1.29 is 9.59 Å². The Labute approximate surface area is 159 Å². The predicted octanol–water partition coefficient (Wildman–Crippen LogP) is 2.88. The number of hydrogen-bond donors (Lipinski definition) is 2. The molecule has 1 saturated carbocycles. The van der Waals surface area contributed by atoms with Gasteiger partial charge in [0.1, 0.15) is 5.54 Å². The number of hydrogen-bond acceptors (Lipinski definition) is 4. The summed E-state index contributed by atoms with van der Waals surface area (Å²) in [4.78, 5) is 33.9. The third kappa shape index (κ3) is 4.15. The van der Waals surface area contributed by atoms with Gasteiger partial charge in [-0.1, -0.05) is 38.3 Å². The second-order valence-corrected chi connectivity index (χ2v) is 7.02. The average Bonchev–Trinajstić information content (AvgIpc) is 2.74. The maximum atomic E-state index is 12.7. The Morgan fingerprint density at radius 2 is 1.67 bits per heavy atom. The van der Waals surface area contributed by atoms with Crippen LogP contribution in [0.1, 0.15) is 54.9 Å². The molecule has 0 aliphatic heterocycles. The van der Waals surface area contributed by atoms with Gasteiger partial charge in [0.05, 0.1) is 0 Å². The van der Waals surface area contributed by atoms with Gasteiger partial charge in [-0.3, -0.25) is 9.59 Å². The maximum Gasteiger partial charge on any atom is 0.252 e. The summed E-state index contributed by atoms with van der Waals surface area (Å²) in [5.41, 5.74) is 1.66. The van der Waals surface area contributed by atoms with Crippen LogP contribution in [-0.2, 0) is 11.2 Å². The summed E-state index contributed by atoms with van der Waals surface area (Å²) in [6, 6.07) is 7.18. The first-order valence-corrected chi connectivity index (χ1v) is 9.54.